The van der Waals surface area contributed by atoms with Crippen molar-refractivity contribution in [3.8, 4) is 0 Å². The Balaban J connectivity index is 2.45. The summed E-state index contributed by atoms with van der Waals surface area (Å²) in [5.74, 6) is -1.99. The molecule has 6 atom stereocenters. The van der Waals surface area contributed by atoms with Gasteiger partial charge in [-0.3, -0.25) is 14.1 Å². The fourth-order valence-corrected chi connectivity index (χ4v) is 7.40. The molecule has 1 fully saturated rings. The summed E-state index contributed by atoms with van der Waals surface area (Å²) in [6.45, 7) is 5.26. The van der Waals surface area contributed by atoms with Gasteiger partial charge in [0, 0.05) is 12.8 Å². The molecule has 0 spiro atoms. The van der Waals surface area contributed by atoms with Gasteiger partial charge in [0.2, 0.25) is 0 Å². The van der Waals surface area contributed by atoms with E-state index in [1.165, 1.54) is 83.5 Å². The highest BCUT2D eigenvalue weighted by Crippen LogP contribution is 2.24. The van der Waals surface area contributed by atoms with Crippen molar-refractivity contribution in [1.82, 2.24) is 0 Å². The fourth-order valence-electron chi connectivity index (χ4n) is 6.71. The summed E-state index contributed by atoms with van der Waals surface area (Å²) < 4.78 is 54.0. The lowest BCUT2D eigenvalue weighted by Crippen LogP contribution is -2.60. The van der Waals surface area contributed by atoms with Gasteiger partial charge in [-0.05, 0) is 51.4 Å². The maximum absolute atomic E-state index is 12.8. The molecule has 12 nitrogen and oxygen atoms in total. The summed E-state index contributed by atoms with van der Waals surface area (Å²) in [4.78, 5) is 25.3. The van der Waals surface area contributed by atoms with Gasteiger partial charge in [0.25, 0.3) is 10.1 Å². The Bertz CT molecular complexity index is 1130. The van der Waals surface area contributed by atoms with Crippen molar-refractivity contribution in [2.24, 2.45) is 0 Å². The topological polar surface area (TPSA) is 186 Å². The molecule has 1 heterocycles. The van der Waals surface area contributed by atoms with Crippen molar-refractivity contribution < 1.29 is 56.8 Å². The first-order chi connectivity index (χ1) is 27.0. The molecule has 1 aliphatic heterocycles. The average molecular weight is 819 g/mol. The number of rotatable bonds is 37. The van der Waals surface area contributed by atoms with Crippen LogP contribution in [-0.4, -0.2) is 96.0 Å². The summed E-state index contributed by atoms with van der Waals surface area (Å²) in [5, 5.41) is 30.8. The molecule has 0 aromatic carbocycles. The second-order valence-corrected chi connectivity index (χ2v) is 16.9. The first-order valence-electron chi connectivity index (χ1n) is 21.9. The molecule has 2 unspecified atom stereocenters. The van der Waals surface area contributed by atoms with Gasteiger partial charge in [-0.15, -0.1) is 6.58 Å². The Morgan fingerprint density at radius 1 is 0.643 bits per heavy atom. The molecule has 1 saturated heterocycles. The third-order valence-corrected chi connectivity index (χ3v) is 10.9. The molecule has 0 saturated carbocycles. The molecule has 0 aliphatic carbocycles. The fraction of sp³-hybridized carbons (Fsp3) is 0.860. The number of aliphatic hydroxyl groups is 3. The maximum atomic E-state index is 12.8. The van der Waals surface area contributed by atoms with Gasteiger partial charge in [-0.2, -0.15) is 8.42 Å². The van der Waals surface area contributed by atoms with E-state index in [0.29, 0.717) is 12.8 Å². The van der Waals surface area contributed by atoms with Crippen molar-refractivity contribution in [3.63, 3.8) is 0 Å². The molecular weight excluding hydrogens is 741 g/mol. The number of carbonyl (C=O) groups is 2. The van der Waals surface area contributed by atoms with E-state index in [4.69, 9.17) is 18.9 Å². The molecule has 0 aromatic heterocycles. The van der Waals surface area contributed by atoms with E-state index in [1.807, 2.05) is 6.08 Å². The van der Waals surface area contributed by atoms with Gasteiger partial charge in [-0.25, -0.2) is 0 Å². The minimum atomic E-state index is -4.60. The molecule has 4 N–H and O–H groups in total. The smallest absolute Gasteiger partial charge is 0.306 e. The van der Waals surface area contributed by atoms with Gasteiger partial charge in [0.1, 0.15) is 36.8 Å². The third-order valence-electron chi connectivity index (χ3n) is 10.1. The number of aliphatic hydroxyl groups excluding tert-OH is 3. The number of ether oxygens (including phenoxy) is 4. The lowest BCUT2D eigenvalue weighted by atomic mass is 10.00. The minimum Gasteiger partial charge on any atom is -0.462 e. The van der Waals surface area contributed by atoms with Gasteiger partial charge in [-0.1, -0.05) is 134 Å². The number of allylic oxidation sites excluding steroid dienone is 3. The predicted octanol–water partition coefficient (Wildman–Crippen LogP) is 8.45. The summed E-state index contributed by atoms with van der Waals surface area (Å²) in [6, 6.07) is 0. The first-order valence-corrected chi connectivity index (χ1v) is 23.5. The monoisotopic (exact) mass is 819 g/mol. The molecule has 0 bridgehead atoms. The molecular formula is C43H78O12S. The molecule has 1 rings (SSSR count). The summed E-state index contributed by atoms with van der Waals surface area (Å²) in [5.41, 5.74) is 0. The van der Waals surface area contributed by atoms with Crippen LogP contribution in [0.3, 0.4) is 0 Å². The summed E-state index contributed by atoms with van der Waals surface area (Å²) >= 11 is 0. The normalized spacial score (nSPS) is 20.6. The maximum Gasteiger partial charge on any atom is 0.306 e. The van der Waals surface area contributed by atoms with Crippen LogP contribution in [0.25, 0.3) is 0 Å². The van der Waals surface area contributed by atoms with Gasteiger partial charge in [0.05, 0.1) is 6.61 Å². The zero-order chi connectivity index (χ0) is 41.3. The first kappa shape index (κ1) is 52.1. The van der Waals surface area contributed by atoms with Crippen LogP contribution >= 0.6 is 0 Å². The number of hydrogen-bond donors (Lipinski definition) is 4. The van der Waals surface area contributed by atoms with E-state index in [2.05, 4.69) is 25.7 Å². The van der Waals surface area contributed by atoms with Gasteiger partial charge < -0.3 is 34.3 Å². The second kappa shape index (κ2) is 34.0. The number of carbonyl (C=O) groups excluding carboxylic acids is 2. The van der Waals surface area contributed by atoms with Crippen LogP contribution in [-0.2, 0) is 38.7 Å². The van der Waals surface area contributed by atoms with Gasteiger partial charge >= 0.3 is 11.9 Å². The average Bonchev–Trinajstić information content (AvgIpc) is 3.16. The Morgan fingerprint density at radius 2 is 1.11 bits per heavy atom. The molecule has 0 aromatic rings. The van der Waals surface area contributed by atoms with E-state index in [0.717, 1.165) is 64.2 Å². The van der Waals surface area contributed by atoms with E-state index in [9.17, 15) is 37.9 Å². The van der Waals surface area contributed by atoms with E-state index in [1.54, 1.807) is 0 Å². The van der Waals surface area contributed by atoms with Crippen LogP contribution in [0.1, 0.15) is 180 Å². The standard InChI is InChI=1S/C43H78O12S/c1-3-5-7-9-11-13-15-17-18-20-21-23-25-27-29-31-38(44)52-33-36(34-53-43-42(48)41(47)40(46)37(55-43)35-56(49,50)51)54-39(45)32-30-28-26-24-22-19-16-14-12-10-8-6-4-2/h3,14,16,36-37,40-43,46-48H,1,4-13,15,17-35H2,2H3,(H,49,50,51)/b16-14+/t36-,37-,40-,41?,42?,43+/m1/s1. The Morgan fingerprint density at radius 3 is 1.61 bits per heavy atom. The lowest BCUT2D eigenvalue weighted by molar-refractivity contribution is -0.297. The van der Waals surface area contributed by atoms with Crippen LogP contribution in [0.15, 0.2) is 24.8 Å². The molecule has 13 heteroatoms. The highest BCUT2D eigenvalue weighted by molar-refractivity contribution is 7.85. The molecule has 0 amide bonds. The van der Waals surface area contributed by atoms with Crippen molar-refractivity contribution in [2.75, 3.05) is 19.0 Å². The lowest BCUT2D eigenvalue weighted by Gasteiger charge is -2.40. The van der Waals surface area contributed by atoms with Crippen LogP contribution in [0.2, 0.25) is 0 Å². The van der Waals surface area contributed by atoms with Crippen molar-refractivity contribution in [2.45, 2.75) is 217 Å². The highest BCUT2D eigenvalue weighted by atomic mass is 32.2. The zero-order valence-corrected chi connectivity index (χ0v) is 35.4. The highest BCUT2D eigenvalue weighted by Gasteiger charge is 2.46. The van der Waals surface area contributed by atoms with Crippen molar-refractivity contribution in [3.05, 3.63) is 24.8 Å². The van der Waals surface area contributed by atoms with Crippen LogP contribution in [0, 0.1) is 0 Å². The predicted molar refractivity (Wildman–Crippen MR) is 220 cm³/mol. The Labute approximate surface area is 338 Å². The second-order valence-electron chi connectivity index (χ2n) is 15.4. The largest absolute Gasteiger partial charge is 0.462 e. The van der Waals surface area contributed by atoms with E-state index in [-0.39, 0.29) is 19.4 Å². The van der Waals surface area contributed by atoms with Crippen LogP contribution in [0.5, 0.6) is 0 Å². The molecule has 1 aliphatic rings. The molecule has 56 heavy (non-hydrogen) atoms. The van der Waals surface area contributed by atoms with E-state index < -0.39 is 71.2 Å². The summed E-state index contributed by atoms with van der Waals surface area (Å²) in [7, 11) is -4.60. The third kappa shape index (κ3) is 28.5. The quantitative estimate of drug-likeness (QED) is 0.0203. The van der Waals surface area contributed by atoms with Crippen molar-refractivity contribution in [1.29, 1.82) is 0 Å². The molecule has 0 radical (unpaired) electrons. The molecule has 328 valence electrons. The zero-order valence-electron chi connectivity index (χ0n) is 34.6. The van der Waals surface area contributed by atoms with Crippen molar-refractivity contribution >= 4 is 22.1 Å². The number of hydrogen-bond acceptors (Lipinski definition) is 11. The SMILES string of the molecule is C=CCCCCCCCCCCCCCCCC(=O)OC[C@H](CO[C@H]1O[C@H](CS(=O)(=O)O)[C@@H](O)C(O)C1O)OC(=O)CCCCCCC/C=C/CCCCCC. The minimum absolute atomic E-state index is 0.155. The Kier molecular flexibility index (Phi) is 31.7. The number of unbranched alkanes of at least 4 members (excludes halogenated alkanes) is 22. The van der Waals surface area contributed by atoms with Gasteiger partial charge in [0.15, 0.2) is 12.4 Å². The van der Waals surface area contributed by atoms with Crippen LogP contribution in [0.4, 0.5) is 0 Å². The number of esters is 2. The Hall–Kier alpha value is -1.87. The summed E-state index contributed by atoms with van der Waals surface area (Å²) in [6.07, 6.45) is 25.5. The van der Waals surface area contributed by atoms with Crippen LogP contribution < -0.4 is 0 Å². The van der Waals surface area contributed by atoms with E-state index >= 15 is 0 Å².